The van der Waals surface area contributed by atoms with Gasteiger partial charge in [0.05, 0.1) is 6.61 Å². The van der Waals surface area contributed by atoms with E-state index in [9.17, 15) is 4.79 Å². The van der Waals surface area contributed by atoms with Crippen LogP contribution in [0.5, 0.6) is 0 Å². The van der Waals surface area contributed by atoms with Crippen LogP contribution in [0, 0.1) is 6.92 Å². The summed E-state index contributed by atoms with van der Waals surface area (Å²) < 4.78 is 7.52. The Morgan fingerprint density at radius 2 is 1.74 bits per heavy atom. The van der Waals surface area contributed by atoms with E-state index in [1.807, 2.05) is 56.4 Å². The van der Waals surface area contributed by atoms with Crippen molar-refractivity contribution >= 4 is 16.9 Å². The first kappa shape index (κ1) is 15.3. The maximum atomic E-state index is 12.7. The molecular formula is C20H21NO2. The average molecular weight is 307 g/mol. The molecule has 1 unspecified atom stereocenters. The number of esters is 1. The van der Waals surface area contributed by atoms with E-state index in [0.717, 1.165) is 27.7 Å². The van der Waals surface area contributed by atoms with E-state index >= 15 is 0 Å². The number of nitrogens with zero attached hydrogens (tertiary/aromatic N) is 1. The van der Waals surface area contributed by atoms with Gasteiger partial charge in [-0.05, 0) is 31.0 Å². The van der Waals surface area contributed by atoms with E-state index in [4.69, 9.17) is 4.74 Å². The summed E-state index contributed by atoms with van der Waals surface area (Å²) in [6.45, 7) is 4.28. The van der Waals surface area contributed by atoms with Gasteiger partial charge in [0.15, 0.2) is 0 Å². The first-order chi connectivity index (χ1) is 11.1. The van der Waals surface area contributed by atoms with Gasteiger partial charge in [-0.15, -0.1) is 0 Å². The van der Waals surface area contributed by atoms with Gasteiger partial charge in [-0.3, -0.25) is 4.79 Å². The van der Waals surface area contributed by atoms with Crippen LogP contribution < -0.4 is 0 Å². The molecule has 3 nitrogen and oxygen atoms in total. The Bertz CT molecular complexity index is 833. The zero-order valence-electron chi connectivity index (χ0n) is 13.7. The molecule has 3 aromatic rings. The van der Waals surface area contributed by atoms with Gasteiger partial charge < -0.3 is 9.30 Å². The molecule has 1 aromatic heterocycles. The van der Waals surface area contributed by atoms with Crippen molar-refractivity contribution in [3.05, 3.63) is 71.4 Å². The second-order valence-electron chi connectivity index (χ2n) is 5.67. The van der Waals surface area contributed by atoms with Gasteiger partial charge in [0, 0.05) is 23.6 Å². The number of benzene rings is 2. The highest BCUT2D eigenvalue weighted by atomic mass is 16.5. The molecule has 2 aromatic carbocycles. The lowest BCUT2D eigenvalue weighted by Crippen LogP contribution is -2.18. The molecule has 1 atom stereocenters. The maximum Gasteiger partial charge on any atom is 0.318 e. The molecule has 0 spiro atoms. The Morgan fingerprint density at radius 1 is 1.09 bits per heavy atom. The first-order valence-corrected chi connectivity index (χ1v) is 7.90. The van der Waals surface area contributed by atoms with Crippen LogP contribution in [0.15, 0.2) is 54.6 Å². The summed E-state index contributed by atoms with van der Waals surface area (Å²) in [4.78, 5) is 12.7. The Labute approximate surface area is 136 Å². The summed E-state index contributed by atoms with van der Waals surface area (Å²) >= 11 is 0. The fourth-order valence-corrected chi connectivity index (χ4v) is 3.21. The smallest absolute Gasteiger partial charge is 0.318 e. The topological polar surface area (TPSA) is 31.2 Å². The molecule has 118 valence electrons. The molecule has 0 fully saturated rings. The lowest BCUT2D eigenvalue weighted by molar-refractivity contribution is -0.143. The van der Waals surface area contributed by atoms with Crippen LogP contribution in [0.2, 0.25) is 0 Å². The lowest BCUT2D eigenvalue weighted by Gasteiger charge is -2.17. The lowest BCUT2D eigenvalue weighted by atomic mass is 9.89. The van der Waals surface area contributed by atoms with Crippen LogP contribution in [0.1, 0.15) is 29.7 Å². The minimum Gasteiger partial charge on any atom is -0.465 e. The van der Waals surface area contributed by atoms with Crippen molar-refractivity contribution in [2.45, 2.75) is 19.8 Å². The van der Waals surface area contributed by atoms with E-state index in [0.29, 0.717) is 6.61 Å². The molecule has 0 radical (unpaired) electrons. The molecule has 0 aliphatic rings. The summed E-state index contributed by atoms with van der Waals surface area (Å²) in [6.07, 6.45) is 0. The number of para-hydroxylation sites is 1. The third-order valence-electron chi connectivity index (χ3n) is 4.39. The van der Waals surface area contributed by atoms with Gasteiger partial charge in [0.2, 0.25) is 0 Å². The van der Waals surface area contributed by atoms with E-state index < -0.39 is 5.92 Å². The highest BCUT2D eigenvalue weighted by Gasteiger charge is 2.29. The van der Waals surface area contributed by atoms with Gasteiger partial charge in [-0.25, -0.2) is 0 Å². The number of hydrogen-bond donors (Lipinski definition) is 0. The number of hydrogen-bond acceptors (Lipinski definition) is 2. The van der Waals surface area contributed by atoms with E-state index in [2.05, 4.69) is 23.6 Å². The summed E-state index contributed by atoms with van der Waals surface area (Å²) in [5.41, 5.74) is 4.22. The highest BCUT2D eigenvalue weighted by Crippen LogP contribution is 2.35. The molecule has 0 aliphatic carbocycles. The molecule has 0 aliphatic heterocycles. The normalized spacial score (nSPS) is 12.3. The fraction of sp³-hybridized carbons (Fsp3) is 0.250. The number of aryl methyl sites for hydroxylation is 1. The number of aromatic nitrogens is 1. The van der Waals surface area contributed by atoms with Gasteiger partial charge in [0.25, 0.3) is 0 Å². The summed E-state index contributed by atoms with van der Waals surface area (Å²) in [5, 5.41) is 1.11. The number of carbonyl (C=O) groups is 1. The molecule has 23 heavy (non-hydrogen) atoms. The molecule has 0 N–H and O–H groups in total. The van der Waals surface area contributed by atoms with E-state index in [1.54, 1.807) is 0 Å². The Hall–Kier alpha value is -2.55. The number of fused-ring (bicyclic) bond motifs is 1. The third kappa shape index (κ3) is 2.63. The summed E-state index contributed by atoms with van der Waals surface area (Å²) in [5.74, 6) is -0.597. The zero-order chi connectivity index (χ0) is 16.4. The maximum absolute atomic E-state index is 12.7. The van der Waals surface area contributed by atoms with Crippen molar-refractivity contribution in [1.82, 2.24) is 4.57 Å². The molecule has 0 amide bonds. The van der Waals surface area contributed by atoms with Gasteiger partial charge in [0.1, 0.15) is 5.92 Å². The predicted molar refractivity (Wildman–Crippen MR) is 92.6 cm³/mol. The van der Waals surface area contributed by atoms with Crippen molar-refractivity contribution in [2.24, 2.45) is 7.05 Å². The van der Waals surface area contributed by atoms with E-state index in [-0.39, 0.29) is 5.97 Å². The second kappa shape index (κ2) is 6.29. The molecule has 3 rings (SSSR count). The molecular weight excluding hydrogens is 286 g/mol. The van der Waals surface area contributed by atoms with E-state index in [1.165, 1.54) is 0 Å². The molecule has 0 saturated heterocycles. The van der Waals surface area contributed by atoms with Crippen LogP contribution in [0.4, 0.5) is 0 Å². The SMILES string of the molecule is CCOC(=O)C(c1ccccc1)c1c(C)n(C)c2ccccc12. The van der Waals surface area contributed by atoms with Crippen molar-refractivity contribution in [3.8, 4) is 0 Å². The van der Waals surface area contributed by atoms with Crippen LogP contribution in [0.25, 0.3) is 10.9 Å². The Balaban J connectivity index is 2.26. The van der Waals surface area contributed by atoms with Gasteiger partial charge in [-0.1, -0.05) is 48.5 Å². The van der Waals surface area contributed by atoms with Crippen molar-refractivity contribution in [1.29, 1.82) is 0 Å². The quantitative estimate of drug-likeness (QED) is 0.677. The van der Waals surface area contributed by atoms with Gasteiger partial charge >= 0.3 is 5.97 Å². The largest absolute Gasteiger partial charge is 0.465 e. The predicted octanol–water partition coefficient (Wildman–Crippen LogP) is 4.18. The highest BCUT2D eigenvalue weighted by molar-refractivity contribution is 5.93. The van der Waals surface area contributed by atoms with Crippen LogP contribution in [-0.2, 0) is 16.6 Å². The molecule has 0 bridgehead atoms. The minimum atomic E-state index is -0.401. The van der Waals surface area contributed by atoms with Crippen molar-refractivity contribution in [3.63, 3.8) is 0 Å². The first-order valence-electron chi connectivity index (χ1n) is 7.90. The van der Waals surface area contributed by atoms with Crippen LogP contribution in [-0.4, -0.2) is 17.1 Å². The standard InChI is InChI=1S/C20H21NO2/c1-4-23-20(22)19(15-10-6-5-7-11-15)18-14(2)21(3)17-13-9-8-12-16(17)18/h5-13,19H,4H2,1-3H3. The van der Waals surface area contributed by atoms with Crippen molar-refractivity contribution in [2.75, 3.05) is 6.61 Å². The fourth-order valence-electron chi connectivity index (χ4n) is 3.21. The summed E-state index contributed by atoms with van der Waals surface area (Å²) in [6, 6.07) is 18.1. The zero-order valence-corrected chi connectivity index (χ0v) is 13.7. The number of carbonyl (C=O) groups excluding carboxylic acids is 1. The van der Waals surface area contributed by atoms with Crippen LogP contribution >= 0.6 is 0 Å². The Kier molecular flexibility index (Phi) is 4.20. The monoisotopic (exact) mass is 307 g/mol. The van der Waals surface area contributed by atoms with Gasteiger partial charge in [-0.2, -0.15) is 0 Å². The number of rotatable bonds is 4. The van der Waals surface area contributed by atoms with Crippen LogP contribution in [0.3, 0.4) is 0 Å². The molecule has 1 heterocycles. The van der Waals surface area contributed by atoms with Crippen molar-refractivity contribution < 1.29 is 9.53 Å². The Morgan fingerprint density at radius 3 is 2.43 bits per heavy atom. The molecule has 0 saturated carbocycles. The average Bonchev–Trinajstić information content (AvgIpc) is 2.82. The molecule has 3 heteroatoms. The summed E-state index contributed by atoms with van der Waals surface area (Å²) in [7, 11) is 2.04. The number of ether oxygens (including phenoxy) is 1. The minimum absolute atomic E-state index is 0.196. The third-order valence-corrected chi connectivity index (χ3v) is 4.39. The second-order valence-corrected chi connectivity index (χ2v) is 5.67.